The Morgan fingerprint density at radius 2 is 2.22 bits per heavy atom. The molecule has 27 heavy (non-hydrogen) atoms. The van der Waals surface area contributed by atoms with Crippen LogP contribution in [-0.2, 0) is 16.4 Å². The highest BCUT2D eigenvalue weighted by molar-refractivity contribution is 7.90. The van der Waals surface area contributed by atoms with E-state index < -0.39 is 16.1 Å². The normalized spacial score (nSPS) is 11.1. The fraction of sp³-hybridized carbons (Fsp3) is 0.118. The molecule has 138 valence electrons. The largest absolute Gasteiger partial charge is 0.471 e. The van der Waals surface area contributed by atoms with Crippen molar-refractivity contribution in [1.82, 2.24) is 14.3 Å². The fourth-order valence-electron chi connectivity index (χ4n) is 2.56. The molecule has 0 unspecified atom stereocenters. The smallest absolute Gasteiger partial charge is 0.404 e. The van der Waals surface area contributed by atoms with Gasteiger partial charge >= 0.3 is 6.09 Å². The third-order valence-electron chi connectivity index (χ3n) is 3.77. The van der Waals surface area contributed by atoms with Gasteiger partial charge < -0.3 is 14.8 Å². The third-order valence-corrected chi connectivity index (χ3v) is 5.42. The van der Waals surface area contributed by atoms with Gasteiger partial charge in [0.1, 0.15) is 22.9 Å². The Hall–Kier alpha value is -3.58. The molecular weight excluding hydrogens is 372 g/mol. The van der Waals surface area contributed by atoms with Crippen LogP contribution in [0.4, 0.5) is 4.79 Å². The van der Waals surface area contributed by atoms with Crippen LogP contribution < -0.4 is 5.32 Å². The van der Waals surface area contributed by atoms with Crippen molar-refractivity contribution >= 4 is 16.1 Å². The summed E-state index contributed by atoms with van der Waals surface area (Å²) in [5.41, 5.74) is 1.27. The summed E-state index contributed by atoms with van der Waals surface area (Å²) < 4.78 is 31.9. The van der Waals surface area contributed by atoms with Crippen molar-refractivity contribution < 1.29 is 22.7 Å². The van der Waals surface area contributed by atoms with Crippen molar-refractivity contribution in [2.45, 2.75) is 11.3 Å². The number of nitrogens with one attached hydrogen (secondary N) is 1. The maximum Gasteiger partial charge on any atom is 0.404 e. The van der Waals surface area contributed by atoms with Gasteiger partial charge in [-0.1, -0.05) is 0 Å². The summed E-state index contributed by atoms with van der Waals surface area (Å²) in [5.74, 6) is 0. The molecule has 3 aromatic rings. The molecule has 0 saturated carbocycles. The quantitative estimate of drug-likeness (QED) is 0.661. The molecule has 0 aliphatic rings. The van der Waals surface area contributed by atoms with E-state index in [1.165, 1.54) is 24.7 Å². The van der Waals surface area contributed by atoms with Crippen molar-refractivity contribution in [3.05, 3.63) is 60.4 Å². The summed E-state index contributed by atoms with van der Waals surface area (Å²) >= 11 is 0. The average molecular weight is 386 g/mol. The highest BCUT2D eigenvalue weighted by Crippen LogP contribution is 2.29. The molecule has 0 aromatic carbocycles. The number of rotatable bonds is 6. The first kappa shape index (κ1) is 18.2. The van der Waals surface area contributed by atoms with Gasteiger partial charge in [-0.25, -0.2) is 22.2 Å². The molecule has 10 heteroatoms. The molecule has 0 aliphatic carbocycles. The third kappa shape index (κ3) is 3.68. The van der Waals surface area contributed by atoms with Crippen LogP contribution in [0.5, 0.6) is 0 Å². The molecule has 0 spiro atoms. The number of hydrogen-bond acceptors (Lipinski definition) is 6. The maximum atomic E-state index is 13.0. The number of aromatic nitrogens is 2. The number of nitriles is 1. The van der Waals surface area contributed by atoms with Crippen LogP contribution in [0, 0.1) is 11.3 Å². The highest BCUT2D eigenvalue weighted by atomic mass is 32.2. The molecule has 0 saturated heterocycles. The second-order valence-electron chi connectivity index (χ2n) is 5.49. The Kier molecular flexibility index (Phi) is 4.96. The Balaban J connectivity index is 2.12. The van der Waals surface area contributed by atoms with E-state index in [0.29, 0.717) is 11.1 Å². The molecule has 0 fully saturated rings. The van der Waals surface area contributed by atoms with Gasteiger partial charge in [-0.15, -0.1) is 0 Å². The first-order valence-corrected chi connectivity index (χ1v) is 9.19. The topological polar surface area (TPSA) is 138 Å². The van der Waals surface area contributed by atoms with Crippen molar-refractivity contribution in [1.29, 1.82) is 5.26 Å². The maximum absolute atomic E-state index is 13.0. The number of nitrogens with zero attached hydrogens (tertiary/aromatic N) is 3. The van der Waals surface area contributed by atoms with Gasteiger partial charge in [-0.3, -0.25) is 0 Å². The van der Waals surface area contributed by atoms with E-state index in [1.807, 2.05) is 6.07 Å². The van der Waals surface area contributed by atoms with Crippen molar-refractivity contribution in [3.63, 3.8) is 0 Å². The number of hydrogen-bond donors (Lipinski definition) is 2. The van der Waals surface area contributed by atoms with Gasteiger partial charge in [0.15, 0.2) is 0 Å². The first-order valence-electron chi connectivity index (χ1n) is 7.75. The van der Waals surface area contributed by atoms with Crippen molar-refractivity contribution in [2.75, 3.05) is 6.54 Å². The fourth-order valence-corrected chi connectivity index (χ4v) is 3.87. The molecule has 3 heterocycles. The van der Waals surface area contributed by atoms with Gasteiger partial charge in [-0.05, 0) is 36.2 Å². The molecular formula is C17H14N4O5S. The second-order valence-corrected chi connectivity index (χ2v) is 7.30. The summed E-state index contributed by atoms with van der Waals surface area (Å²) in [4.78, 5) is 14.5. The Bertz CT molecular complexity index is 1110. The first-order chi connectivity index (χ1) is 12.9. The van der Waals surface area contributed by atoms with Crippen LogP contribution in [0.25, 0.3) is 11.3 Å². The lowest BCUT2D eigenvalue weighted by atomic mass is 10.1. The van der Waals surface area contributed by atoms with Gasteiger partial charge in [0.25, 0.3) is 10.0 Å². The van der Waals surface area contributed by atoms with E-state index >= 15 is 0 Å². The molecule has 0 aliphatic heterocycles. The zero-order chi connectivity index (χ0) is 19.4. The Morgan fingerprint density at radius 1 is 1.41 bits per heavy atom. The van der Waals surface area contributed by atoms with Crippen LogP contribution in [0.1, 0.15) is 11.3 Å². The number of pyridine rings is 1. The van der Waals surface area contributed by atoms with E-state index in [9.17, 15) is 18.5 Å². The minimum absolute atomic E-state index is 0.0445. The lowest BCUT2D eigenvalue weighted by Crippen LogP contribution is -2.23. The zero-order valence-corrected chi connectivity index (χ0v) is 14.7. The lowest BCUT2D eigenvalue weighted by Gasteiger charge is -2.09. The Morgan fingerprint density at radius 3 is 2.89 bits per heavy atom. The average Bonchev–Trinajstić information content (AvgIpc) is 3.32. The zero-order valence-electron chi connectivity index (χ0n) is 13.9. The monoisotopic (exact) mass is 386 g/mol. The van der Waals surface area contributed by atoms with Crippen molar-refractivity contribution in [2.24, 2.45) is 0 Å². The van der Waals surface area contributed by atoms with Gasteiger partial charge in [-0.2, -0.15) is 5.26 Å². The predicted octanol–water partition coefficient (Wildman–Crippen LogP) is 2.06. The summed E-state index contributed by atoms with van der Waals surface area (Å²) in [6.45, 7) is 0.114. The van der Waals surface area contributed by atoms with E-state index in [4.69, 9.17) is 9.52 Å². The molecule has 0 atom stereocenters. The van der Waals surface area contributed by atoms with Crippen LogP contribution in [0.2, 0.25) is 0 Å². The van der Waals surface area contributed by atoms with Crippen LogP contribution in [-0.4, -0.2) is 35.1 Å². The van der Waals surface area contributed by atoms with Crippen LogP contribution in [0.3, 0.4) is 0 Å². The summed E-state index contributed by atoms with van der Waals surface area (Å²) in [5, 5.41) is 20.2. The number of carboxylic acid groups (broad SMARTS) is 1. The minimum Gasteiger partial charge on any atom is -0.471 e. The second kappa shape index (κ2) is 7.35. The number of furan rings is 1. The summed E-state index contributed by atoms with van der Waals surface area (Å²) in [6, 6.07) is 8.06. The summed E-state index contributed by atoms with van der Waals surface area (Å²) in [7, 11) is -3.97. The molecule has 2 N–H and O–H groups in total. The van der Waals surface area contributed by atoms with Crippen LogP contribution >= 0.6 is 0 Å². The number of carbonyl (C=O) groups is 1. The standard InChI is InChI=1S/C17H14N4O5S/c18-9-15-14(2-1-5-19-15)16-8-12(3-6-20-17(22)23)10-21(16)27(24,25)13-4-7-26-11-13/h1-2,4-5,7-8,10-11,20H,3,6H2,(H,22,23). The molecule has 0 radical (unpaired) electrons. The molecule has 1 amide bonds. The molecule has 0 bridgehead atoms. The summed E-state index contributed by atoms with van der Waals surface area (Å²) in [6.07, 6.45) is 4.31. The SMILES string of the molecule is N#Cc1ncccc1-c1cc(CCNC(=O)O)cn1S(=O)(=O)c1ccoc1. The highest BCUT2D eigenvalue weighted by Gasteiger charge is 2.24. The Labute approximate surface area is 154 Å². The van der Waals surface area contributed by atoms with Crippen molar-refractivity contribution in [3.8, 4) is 17.3 Å². The molecule has 3 aromatic heterocycles. The minimum atomic E-state index is -3.97. The van der Waals surface area contributed by atoms with Gasteiger partial charge in [0, 0.05) is 24.5 Å². The van der Waals surface area contributed by atoms with Gasteiger partial charge in [0.2, 0.25) is 0 Å². The van der Waals surface area contributed by atoms with E-state index in [-0.39, 0.29) is 29.2 Å². The van der Waals surface area contributed by atoms with E-state index in [0.717, 1.165) is 10.2 Å². The van der Waals surface area contributed by atoms with Gasteiger partial charge in [0.05, 0.1) is 12.0 Å². The molecule has 3 rings (SSSR count). The van der Waals surface area contributed by atoms with E-state index in [2.05, 4.69) is 10.3 Å². The lowest BCUT2D eigenvalue weighted by molar-refractivity contribution is 0.194. The van der Waals surface area contributed by atoms with E-state index in [1.54, 1.807) is 18.2 Å². The molecule has 9 nitrogen and oxygen atoms in total. The predicted molar refractivity (Wildman–Crippen MR) is 93.4 cm³/mol. The number of amides is 1. The van der Waals surface area contributed by atoms with Crippen LogP contribution in [0.15, 0.2) is 58.5 Å².